The smallest absolute Gasteiger partial charge is 0.262 e. The molecule has 1 unspecified atom stereocenters. The van der Waals surface area contributed by atoms with Gasteiger partial charge in [0.15, 0.2) is 11.6 Å². The molecule has 18 heteroatoms. The molecule has 0 spiro atoms. The number of imide groups is 2. The lowest BCUT2D eigenvalue weighted by Crippen LogP contribution is -2.54. The van der Waals surface area contributed by atoms with Gasteiger partial charge in [0.1, 0.15) is 34.7 Å². The van der Waals surface area contributed by atoms with Crippen LogP contribution in [0.3, 0.4) is 0 Å². The van der Waals surface area contributed by atoms with Gasteiger partial charge in [-0.25, -0.2) is 33.1 Å². The number of piperidine rings is 2. The van der Waals surface area contributed by atoms with Gasteiger partial charge in [0.25, 0.3) is 11.8 Å². The van der Waals surface area contributed by atoms with Crippen LogP contribution in [0.25, 0.3) is 22.3 Å². The number of carbonyl (C=O) groups is 4. The number of piperazine rings is 1. The largest absolute Gasteiger partial charge is 0.370 e. The monoisotopic (exact) mass is 835 g/mol. The Morgan fingerprint density at radius 3 is 2.25 bits per heavy atom. The van der Waals surface area contributed by atoms with Gasteiger partial charge < -0.3 is 14.8 Å². The zero-order valence-electron chi connectivity index (χ0n) is 33.9. The molecule has 2 N–H and O–H groups in total. The molecule has 61 heavy (non-hydrogen) atoms. The molecule has 4 amide bonds. The lowest BCUT2D eigenvalue weighted by Gasteiger charge is -2.43. The van der Waals surface area contributed by atoms with E-state index < -0.39 is 47.1 Å². The topological polar surface area (TPSA) is 162 Å². The second-order valence-electron chi connectivity index (χ2n) is 16.3. The Kier molecular flexibility index (Phi) is 10.5. The number of aromatic nitrogens is 5. The fourth-order valence-corrected chi connectivity index (χ4v) is 9.12. The Morgan fingerprint density at radius 1 is 0.820 bits per heavy atom. The average molecular weight is 836 g/mol. The second kappa shape index (κ2) is 16.0. The molecule has 0 saturated carbocycles. The van der Waals surface area contributed by atoms with Gasteiger partial charge in [0.2, 0.25) is 17.8 Å². The van der Waals surface area contributed by atoms with Gasteiger partial charge in [-0.05, 0) is 76.4 Å². The first-order valence-electron chi connectivity index (χ1n) is 20.5. The predicted molar refractivity (Wildman–Crippen MR) is 218 cm³/mol. The van der Waals surface area contributed by atoms with Crippen molar-refractivity contribution in [2.75, 3.05) is 49.5 Å². The molecule has 1 atom stereocenters. The van der Waals surface area contributed by atoms with E-state index in [1.54, 1.807) is 12.3 Å². The van der Waals surface area contributed by atoms with Gasteiger partial charge in [-0.2, -0.15) is 0 Å². The predicted octanol–water partition coefficient (Wildman–Crippen LogP) is 5.13. The van der Waals surface area contributed by atoms with E-state index >= 15 is 13.2 Å². The highest BCUT2D eigenvalue weighted by molar-refractivity contribution is 6.23. The number of pyridine rings is 1. The molecule has 2 aromatic carbocycles. The van der Waals surface area contributed by atoms with E-state index in [4.69, 9.17) is 0 Å². The number of halogens is 3. The third kappa shape index (κ3) is 7.58. The molecular weight excluding hydrogens is 792 g/mol. The Labute approximate surface area is 349 Å². The van der Waals surface area contributed by atoms with Crippen LogP contribution in [-0.4, -0.2) is 114 Å². The van der Waals surface area contributed by atoms with E-state index in [9.17, 15) is 19.2 Å². The van der Waals surface area contributed by atoms with E-state index in [1.807, 2.05) is 37.5 Å². The molecule has 3 saturated heterocycles. The summed E-state index contributed by atoms with van der Waals surface area (Å²) in [5.74, 6) is -3.11. The summed E-state index contributed by atoms with van der Waals surface area (Å²) < 4.78 is 47.5. The van der Waals surface area contributed by atoms with Gasteiger partial charge in [-0.3, -0.25) is 39.2 Å². The molecule has 0 aliphatic carbocycles. The fourth-order valence-electron chi connectivity index (χ4n) is 9.12. The first-order valence-corrected chi connectivity index (χ1v) is 20.5. The summed E-state index contributed by atoms with van der Waals surface area (Å²) in [5.41, 5.74) is 2.30. The number of aryl methyl sites for hydroxylation is 1. The van der Waals surface area contributed by atoms with Crippen LogP contribution in [0.15, 0.2) is 48.8 Å². The summed E-state index contributed by atoms with van der Waals surface area (Å²) in [5, 5.41) is 5.22. The minimum absolute atomic E-state index is 0.00984. The number of nitrogens with zero attached hydrogens (tertiary/aromatic N) is 9. The van der Waals surface area contributed by atoms with Crippen molar-refractivity contribution in [3.05, 3.63) is 88.8 Å². The molecule has 316 valence electrons. The molecule has 0 radical (unpaired) electrons. The third-order valence-electron chi connectivity index (χ3n) is 12.2. The van der Waals surface area contributed by atoms with Crippen molar-refractivity contribution < 1.29 is 32.3 Å². The highest BCUT2D eigenvalue weighted by Gasteiger charge is 2.45. The van der Waals surface area contributed by atoms with Crippen molar-refractivity contribution in [1.29, 1.82) is 0 Å². The van der Waals surface area contributed by atoms with Crippen LogP contribution in [0.4, 0.5) is 30.6 Å². The highest BCUT2D eigenvalue weighted by atomic mass is 19.1. The molecule has 7 heterocycles. The normalized spacial score (nSPS) is 19.4. The molecule has 4 aliphatic rings. The van der Waals surface area contributed by atoms with Crippen molar-refractivity contribution in [2.24, 2.45) is 0 Å². The quantitative estimate of drug-likeness (QED) is 0.189. The van der Waals surface area contributed by atoms with E-state index in [0.717, 1.165) is 61.9 Å². The number of rotatable bonds is 9. The third-order valence-corrected chi connectivity index (χ3v) is 12.2. The molecule has 0 bridgehead atoms. The van der Waals surface area contributed by atoms with Crippen LogP contribution < -0.4 is 15.5 Å². The van der Waals surface area contributed by atoms with Gasteiger partial charge in [-0.1, -0.05) is 0 Å². The zero-order chi connectivity index (χ0) is 42.7. The molecule has 9 rings (SSSR count). The van der Waals surface area contributed by atoms with Crippen molar-refractivity contribution in [1.82, 2.24) is 44.5 Å². The Bertz CT molecular complexity index is 2580. The number of benzene rings is 2. The number of anilines is 3. The number of nitrogens with one attached hydrogen (secondary N) is 2. The Hall–Kier alpha value is -6.27. The maximum Gasteiger partial charge on any atom is 0.262 e. The Morgan fingerprint density at radius 2 is 1.56 bits per heavy atom. The molecule has 5 aromatic rings. The summed E-state index contributed by atoms with van der Waals surface area (Å²) in [6.07, 6.45) is 4.78. The van der Waals surface area contributed by atoms with E-state index in [-0.39, 0.29) is 59.3 Å². The summed E-state index contributed by atoms with van der Waals surface area (Å²) in [6.45, 7) is 10.7. The maximum absolute atomic E-state index is 15.3. The van der Waals surface area contributed by atoms with Crippen LogP contribution in [0.1, 0.15) is 77.7 Å². The zero-order valence-corrected chi connectivity index (χ0v) is 33.9. The maximum atomic E-state index is 15.3. The summed E-state index contributed by atoms with van der Waals surface area (Å²) in [7, 11) is 0. The van der Waals surface area contributed by atoms with Crippen LogP contribution >= 0.6 is 0 Å². The van der Waals surface area contributed by atoms with Crippen molar-refractivity contribution in [2.45, 2.75) is 71.1 Å². The minimum atomic E-state index is -1.11. The summed E-state index contributed by atoms with van der Waals surface area (Å²) in [4.78, 5) is 75.6. The molecule has 3 fully saturated rings. The standard InChI is InChI=1S/C43H44F3N11O4/c1-23(2)56-24(3)49-39-32(45)17-25(18-35(39)56)38-33(46)21-48-43(52-38)50-36-6-4-28(20-47-36)54-10-8-27(9-11-54)55-14-12-53(13-15-55)22-26-16-29-30(19-31(26)44)42(61)57(41(29)60)34-5-7-37(58)51-40(34)59/h4,6,16-21,23,27,34H,5,7-15,22H2,1-3H3,(H,51,58,59)(H,47,48,50,52). The first kappa shape index (κ1) is 40.2. The minimum Gasteiger partial charge on any atom is -0.370 e. The molecule has 3 aromatic heterocycles. The fraction of sp³-hybridized carbons (Fsp3) is 0.395. The van der Waals surface area contributed by atoms with Crippen molar-refractivity contribution >= 4 is 52.1 Å². The number of hydrogen-bond acceptors (Lipinski definition) is 12. The Balaban J connectivity index is 0.775. The number of hydrogen-bond donors (Lipinski definition) is 2. The number of fused-ring (bicyclic) bond motifs is 2. The van der Waals surface area contributed by atoms with Gasteiger partial charge in [-0.15, -0.1) is 0 Å². The van der Waals surface area contributed by atoms with E-state index in [0.29, 0.717) is 41.9 Å². The summed E-state index contributed by atoms with van der Waals surface area (Å²) >= 11 is 0. The lowest BCUT2D eigenvalue weighted by atomic mass is 10.0. The van der Waals surface area contributed by atoms with Gasteiger partial charge in [0.05, 0.1) is 34.7 Å². The number of amides is 4. The van der Waals surface area contributed by atoms with Crippen LogP contribution in [0.2, 0.25) is 0 Å². The first-order chi connectivity index (χ1) is 29.3. The number of carbonyl (C=O) groups excluding carboxylic acids is 4. The SMILES string of the molecule is Cc1nc2c(F)cc(-c3nc(Nc4ccc(N5CCC(N6CCN(Cc7cc8c(cc7F)C(=O)N(C7CCC(=O)NC7=O)C8=O)CC6)CC5)cn4)ncc3F)cc2n1C(C)C. The van der Waals surface area contributed by atoms with Gasteiger partial charge in [0, 0.05) is 75.4 Å². The van der Waals surface area contributed by atoms with E-state index in [2.05, 4.69) is 45.3 Å². The second-order valence-corrected chi connectivity index (χ2v) is 16.3. The molecule has 4 aliphatic heterocycles. The van der Waals surface area contributed by atoms with E-state index in [1.165, 1.54) is 12.1 Å². The average Bonchev–Trinajstić information content (AvgIpc) is 3.71. The van der Waals surface area contributed by atoms with Crippen LogP contribution in [0, 0.1) is 24.4 Å². The highest BCUT2D eigenvalue weighted by Crippen LogP contribution is 2.33. The molecular formula is C43H44F3N11O4. The molecule has 15 nitrogen and oxygen atoms in total. The summed E-state index contributed by atoms with van der Waals surface area (Å²) in [6, 6.07) is 8.54. The van der Waals surface area contributed by atoms with Crippen molar-refractivity contribution in [3.8, 4) is 11.3 Å². The van der Waals surface area contributed by atoms with Crippen molar-refractivity contribution in [3.63, 3.8) is 0 Å². The number of imidazole rings is 1. The lowest BCUT2D eigenvalue weighted by molar-refractivity contribution is -0.136. The van der Waals surface area contributed by atoms with Gasteiger partial charge >= 0.3 is 0 Å². The van der Waals surface area contributed by atoms with Crippen LogP contribution in [0.5, 0.6) is 0 Å². The van der Waals surface area contributed by atoms with Crippen LogP contribution in [-0.2, 0) is 16.1 Å².